The summed E-state index contributed by atoms with van der Waals surface area (Å²) in [6, 6.07) is 2.31. The predicted molar refractivity (Wildman–Crippen MR) is 148 cm³/mol. The molecule has 2 fully saturated rings. The van der Waals surface area contributed by atoms with Gasteiger partial charge in [0, 0.05) is 38.6 Å². The third kappa shape index (κ3) is 7.35. The zero-order valence-electron chi connectivity index (χ0n) is 23.6. The normalized spacial score (nSPS) is 28.5. The Labute approximate surface area is 244 Å². The summed E-state index contributed by atoms with van der Waals surface area (Å²) in [5.41, 5.74) is -2.69. The van der Waals surface area contributed by atoms with Gasteiger partial charge < -0.3 is 33.2 Å². The van der Waals surface area contributed by atoms with Crippen molar-refractivity contribution in [1.82, 2.24) is 19.1 Å². The van der Waals surface area contributed by atoms with Crippen LogP contribution in [0.4, 0.5) is 0 Å². The van der Waals surface area contributed by atoms with Gasteiger partial charge in [-0.2, -0.15) is 0 Å². The van der Waals surface area contributed by atoms with Crippen molar-refractivity contribution < 1.29 is 38.0 Å². The number of hydrogen-bond donors (Lipinski definition) is 2. The second kappa shape index (κ2) is 14.5. The maximum atomic E-state index is 12.6. The molecule has 0 bridgehead atoms. The molecule has 0 spiro atoms. The number of nitrogens with one attached hydrogen (secondary N) is 2. The lowest BCUT2D eigenvalue weighted by Gasteiger charge is -2.27. The van der Waals surface area contributed by atoms with Gasteiger partial charge in [-0.25, -0.2) is 9.59 Å². The molecule has 0 aliphatic carbocycles. The molecule has 0 amide bonds. The number of hydrogen-bond acceptors (Lipinski definition) is 12. The van der Waals surface area contributed by atoms with Gasteiger partial charge in [0.05, 0.1) is 26.4 Å². The molecule has 2 aliphatic heterocycles. The monoisotopic (exact) mass is 606 g/mol. The third-order valence-electron chi connectivity index (χ3n) is 6.72. The summed E-state index contributed by atoms with van der Waals surface area (Å²) >= 11 is 0. The van der Waals surface area contributed by atoms with Crippen molar-refractivity contribution in [3.63, 3.8) is 0 Å². The summed E-state index contributed by atoms with van der Waals surface area (Å²) in [6.45, 7) is 8.55. The fourth-order valence-electron chi connectivity index (χ4n) is 5.01. The molecule has 234 valence electrons. The van der Waals surface area contributed by atoms with Gasteiger partial charge in [0.2, 0.25) is 0 Å². The summed E-state index contributed by atoms with van der Waals surface area (Å²) in [4.78, 5) is 65.0. The highest BCUT2D eigenvalue weighted by atomic mass is 16.7. The van der Waals surface area contributed by atoms with Gasteiger partial charge in [-0.1, -0.05) is 12.2 Å². The molecule has 0 unspecified atom stereocenters. The second-order valence-corrected chi connectivity index (χ2v) is 9.67. The van der Waals surface area contributed by atoms with Crippen LogP contribution in [-0.4, -0.2) is 95.2 Å². The highest BCUT2D eigenvalue weighted by molar-refractivity contribution is 5.66. The van der Waals surface area contributed by atoms with Crippen LogP contribution in [0.15, 0.2) is 69.0 Å². The van der Waals surface area contributed by atoms with Gasteiger partial charge in [0.25, 0.3) is 11.1 Å². The Morgan fingerprint density at radius 1 is 0.814 bits per heavy atom. The molecule has 8 atom stereocenters. The molecule has 2 aliphatic rings. The number of carbonyl (C=O) groups excluding carboxylic acids is 1. The van der Waals surface area contributed by atoms with Crippen LogP contribution in [0.5, 0.6) is 0 Å². The quantitative estimate of drug-likeness (QED) is 0.197. The highest BCUT2D eigenvalue weighted by Gasteiger charge is 2.52. The zero-order valence-corrected chi connectivity index (χ0v) is 23.6. The Morgan fingerprint density at radius 3 is 1.79 bits per heavy atom. The third-order valence-corrected chi connectivity index (χ3v) is 6.72. The number of methoxy groups -OCH3 is 1. The number of rotatable bonds is 14. The Balaban J connectivity index is 1.65. The van der Waals surface area contributed by atoms with E-state index in [-0.39, 0.29) is 26.4 Å². The maximum absolute atomic E-state index is 12.6. The fraction of sp³-hybridized carbons (Fsp3) is 0.519. The van der Waals surface area contributed by atoms with E-state index in [2.05, 4.69) is 23.1 Å². The number of aromatic amines is 2. The Hall–Kier alpha value is -3.93. The molecule has 0 radical (unpaired) electrons. The van der Waals surface area contributed by atoms with E-state index in [1.54, 1.807) is 0 Å². The molecule has 2 aromatic heterocycles. The van der Waals surface area contributed by atoms with Gasteiger partial charge in [-0.3, -0.25) is 33.5 Å². The summed E-state index contributed by atoms with van der Waals surface area (Å²) in [5, 5.41) is 0. The molecular weight excluding hydrogens is 572 g/mol. The molecule has 4 heterocycles. The number of H-pyrrole nitrogens is 2. The van der Waals surface area contributed by atoms with E-state index in [1.165, 1.54) is 49.2 Å². The first kappa shape index (κ1) is 32.0. The Bertz CT molecular complexity index is 1510. The number of nitrogens with zero attached hydrogens (tertiary/aromatic N) is 2. The Morgan fingerprint density at radius 2 is 1.30 bits per heavy atom. The molecule has 43 heavy (non-hydrogen) atoms. The molecule has 0 saturated carbocycles. The van der Waals surface area contributed by atoms with Gasteiger partial charge in [-0.15, -0.1) is 13.2 Å². The molecule has 2 N–H and O–H groups in total. The summed E-state index contributed by atoms with van der Waals surface area (Å²) in [7, 11) is 1.47. The first-order chi connectivity index (χ1) is 20.7. The van der Waals surface area contributed by atoms with Crippen molar-refractivity contribution in [3.8, 4) is 0 Å². The average molecular weight is 607 g/mol. The van der Waals surface area contributed by atoms with Crippen molar-refractivity contribution in [2.24, 2.45) is 0 Å². The first-order valence-corrected chi connectivity index (χ1v) is 13.3. The summed E-state index contributed by atoms with van der Waals surface area (Å²) < 4.78 is 43.6. The molecule has 4 rings (SSSR count). The van der Waals surface area contributed by atoms with Crippen molar-refractivity contribution in [3.05, 3.63) is 91.5 Å². The van der Waals surface area contributed by atoms with Crippen molar-refractivity contribution in [2.45, 2.75) is 56.0 Å². The van der Waals surface area contributed by atoms with E-state index < -0.39 is 77.5 Å². The lowest BCUT2D eigenvalue weighted by molar-refractivity contribution is -0.157. The topological polar surface area (TPSA) is 191 Å². The van der Waals surface area contributed by atoms with Gasteiger partial charge in [0.1, 0.15) is 30.5 Å². The lowest BCUT2D eigenvalue weighted by atomic mass is 10.1. The zero-order chi connectivity index (χ0) is 31.1. The minimum absolute atomic E-state index is 0.0522. The second-order valence-electron chi connectivity index (χ2n) is 9.67. The van der Waals surface area contributed by atoms with Crippen LogP contribution in [0, 0.1) is 0 Å². The van der Waals surface area contributed by atoms with Crippen LogP contribution in [0.25, 0.3) is 0 Å². The van der Waals surface area contributed by atoms with Gasteiger partial charge in [-0.05, 0) is 0 Å². The Kier molecular flexibility index (Phi) is 10.8. The van der Waals surface area contributed by atoms with Crippen LogP contribution in [-0.2, 0) is 38.0 Å². The van der Waals surface area contributed by atoms with Crippen molar-refractivity contribution in [2.75, 3.05) is 33.5 Å². The van der Waals surface area contributed by atoms with E-state index in [1.807, 2.05) is 0 Å². The largest absolute Gasteiger partial charge is 0.455 e. The van der Waals surface area contributed by atoms with E-state index in [9.17, 15) is 24.0 Å². The van der Waals surface area contributed by atoms with Gasteiger partial charge in [0.15, 0.2) is 18.6 Å². The average Bonchev–Trinajstić information content (AvgIpc) is 3.46. The first-order valence-electron chi connectivity index (χ1n) is 13.3. The molecule has 16 heteroatoms. The minimum Gasteiger partial charge on any atom is -0.455 e. The number of carbonyl (C=O) groups is 1. The van der Waals surface area contributed by atoms with Crippen LogP contribution in [0.2, 0.25) is 0 Å². The number of aromatic nitrogens is 4. The molecule has 2 saturated heterocycles. The van der Waals surface area contributed by atoms with Crippen LogP contribution in [0.1, 0.15) is 19.4 Å². The predicted octanol–water partition coefficient (Wildman–Crippen LogP) is -1.01. The van der Waals surface area contributed by atoms with E-state index >= 15 is 0 Å². The van der Waals surface area contributed by atoms with Crippen molar-refractivity contribution >= 4 is 5.97 Å². The standard InChI is InChI=1S/C27H34N4O12/c1-5-11-38-21-17(43-25(23(21)41-15(3)32)31-10-8-19(34)29-27(31)36)14-40-20-16(13-37-4)42-24(22(20)39-12-6-2)30-9-7-18(33)28-26(30)35/h5-10,16-17,20-25H,1-2,11-14H2,3-4H3,(H,28,33,35)(H,29,34,36)/t16-,17-,20-,21-,22-,23-,24-,25-/m1/s1. The van der Waals surface area contributed by atoms with E-state index in [0.717, 1.165) is 10.6 Å². The highest BCUT2D eigenvalue weighted by Crippen LogP contribution is 2.36. The van der Waals surface area contributed by atoms with Crippen LogP contribution < -0.4 is 22.5 Å². The molecule has 2 aromatic rings. The smallest absolute Gasteiger partial charge is 0.330 e. The SMILES string of the molecule is C=CCO[C@@H]1[C@H](OC[C@H]2O[C@@H](n3ccc(=O)[nH]c3=O)[C@H](OC(C)=O)[C@@H]2OCC=C)[C@@H](COC)O[C@H]1n1ccc(=O)[nH]c1=O. The number of esters is 1. The van der Waals surface area contributed by atoms with Gasteiger partial charge >= 0.3 is 17.3 Å². The van der Waals surface area contributed by atoms with Crippen LogP contribution in [0.3, 0.4) is 0 Å². The van der Waals surface area contributed by atoms with E-state index in [0.29, 0.717) is 0 Å². The maximum Gasteiger partial charge on any atom is 0.330 e. The summed E-state index contributed by atoms with van der Waals surface area (Å²) in [6.07, 6.45) is -2.06. The fourth-order valence-corrected chi connectivity index (χ4v) is 5.01. The number of ether oxygens (including phenoxy) is 7. The molecular formula is C27H34N4O12. The lowest BCUT2D eigenvalue weighted by Crippen LogP contribution is -2.44. The molecule has 0 aromatic carbocycles. The van der Waals surface area contributed by atoms with Crippen LogP contribution >= 0.6 is 0 Å². The molecule has 16 nitrogen and oxygen atoms in total. The van der Waals surface area contributed by atoms with E-state index in [4.69, 9.17) is 33.2 Å². The minimum atomic E-state index is -1.17. The summed E-state index contributed by atoms with van der Waals surface area (Å²) in [5.74, 6) is -0.652. The van der Waals surface area contributed by atoms with Crippen molar-refractivity contribution in [1.29, 1.82) is 0 Å².